The van der Waals surface area contributed by atoms with Gasteiger partial charge in [0.1, 0.15) is 17.1 Å². The summed E-state index contributed by atoms with van der Waals surface area (Å²) in [6.45, 7) is 4.87. The maximum Gasteiger partial charge on any atom is 0.421 e. The van der Waals surface area contributed by atoms with Crippen molar-refractivity contribution >= 4 is 23.1 Å². The van der Waals surface area contributed by atoms with Crippen LogP contribution in [0.25, 0.3) is 0 Å². The fourth-order valence-electron chi connectivity index (χ4n) is 3.41. The van der Waals surface area contributed by atoms with Crippen LogP contribution in [0, 0.1) is 0 Å². The lowest BCUT2D eigenvalue weighted by Crippen LogP contribution is -2.12. The Morgan fingerprint density at radius 3 is 2.15 bits per heavy atom. The third kappa shape index (κ3) is 7.64. The Balaban J connectivity index is 1.71. The number of anilines is 4. The highest BCUT2D eigenvalue weighted by atomic mass is 19.4. The molecule has 8 heteroatoms. The second-order valence-corrected chi connectivity index (χ2v) is 8.08. The van der Waals surface area contributed by atoms with Crippen LogP contribution in [0.4, 0.5) is 36.3 Å². The second kappa shape index (κ2) is 12.3. The van der Waals surface area contributed by atoms with Crippen molar-refractivity contribution in [3.05, 3.63) is 65.9 Å². The standard InChI is InChI=1S/C26H31F3N4O/c1-3-5-6-7-17-34-22-15-13-20(14-16-22)31-24-23(26(27,28)29)18-30-25(33-24)32-21-11-9-19(8-4-2)10-12-21/h9-16,18H,3-8,17H2,1-2H3,(H2,30,31,32,33). The Labute approximate surface area is 198 Å². The molecule has 5 nitrogen and oxygen atoms in total. The summed E-state index contributed by atoms with van der Waals surface area (Å²) in [7, 11) is 0. The van der Waals surface area contributed by atoms with E-state index in [1.54, 1.807) is 24.3 Å². The summed E-state index contributed by atoms with van der Waals surface area (Å²) < 4.78 is 46.4. The number of rotatable bonds is 12. The van der Waals surface area contributed by atoms with Crippen LogP contribution in [0.5, 0.6) is 5.75 Å². The van der Waals surface area contributed by atoms with Crippen molar-refractivity contribution in [3.8, 4) is 5.75 Å². The molecule has 0 atom stereocenters. The number of nitrogens with one attached hydrogen (secondary N) is 2. The molecular weight excluding hydrogens is 441 g/mol. The van der Waals surface area contributed by atoms with Crippen LogP contribution >= 0.6 is 0 Å². The van der Waals surface area contributed by atoms with Crippen LogP contribution in [0.15, 0.2) is 54.7 Å². The van der Waals surface area contributed by atoms with Crippen LogP contribution in [-0.4, -0.2) is 16.6 Å². The minimum Gasteiger partial charge on any atom is -0.494 e. The zero-order chi connectivity index (χ0) is 24.4. The Hall–Kier alpha value is -3.29. The van der Waals surface area contributed by atoms with Crippen molar-refractivity contribution < 1.29 is 17.9 Å². The Morgan fingerprint density at radius 1 is 0.824 bits per heavy atom. The maximum absolute atomic E-state index is 13.6. The van der Waals surface area contributed by atoms with Gasteiger partial charge in [0.2, 0.25) is 5.95 Å². The van der Waals surface area contributed by atoms with E-state index in [2.05, 4.69) is 34.4 Å². The van der Waals surface area contributed by atoms with Gasteiger partial charge < -0.3 is 15.4 Å². The number of aromatic nitrogens is 2. The normalized spacial score (nSPS) is 11.3. The lowest BCUT2D eigenvalue weighted by molar-refractivity contribution is -0.137. The molecule has 2 aromatic carbocycles. The first-order valence-electron chi connectivity index (χ1n) is 11.7. The largest absolute Gasteiger partial charge is 0.494 e. The summed E-state index contributed by atoms with van der Waals surface area (Å²) in [5.74, 6) is 0.432. The predicted molar refractivity (Wildman–Crippen MR) is 130 cm³/mol. The van der Waals surface area contributed by atoms with Crippen molar-refractivity contribution in [2.45, 2.75) is 58.5 Å². The van der Waals surface area contributed by atoms with E-state index >= 15 is 0 Å². The zero-order valence-electron chi connectivity index (χ0n) is 19.6. The van der Waals surface area contributed by atoms with Crippen LogP contribution in [0.2, 0.25) is 0 Å². The molecule has 0 fully saturated rings. The summed E-state index contributed by atoms with van der Waals surface area (Å²) in [6, 6.07) is 14.5. The van der Waals surface area contributed by atoms with Gasteiger partial charge in [-0.05, 0) is 54.8 Å². The Kier molecular flexibility index (Phi) is 9.13. The van der Waals surface area contributed by atoms with Gasteiger partial charge in [0.25, 0.3) is 0 Å². The monoisotopic (exact) mass is 472 g/mol. The molecule has 0 saturated carbocycles. The highest BCUT2D eigenvalue weighted by Gasteiger charge is 2.35. The molecule has 3 rings (SSSR count). The Bertz CT molecular complexity index is 1020. The molecule has 1 heterocycles. The van der Waals surface area contributed by atoms with Gasteiger partial charge in [0.15, 0.2) is 0 Å². The number of aryl methyl sites for hydroxylation is 1. The van der Waals surface area contributed by atoms with Crippen LogP contribution in [-0.2, 0) is 12.6 Å². The number of ether oxygens (including phenoxy) is 1. The molecule has 0 amide bonds. The van der Waals surface area contributed by atoms with Gasteiger partial charge in [-0.3, -0.25) is 0 Å². The molecule has 3 aromatic rings. The fraction of sp³-hybridized carbons (Fsp3) is 0.385. The summed E-state index contributed by atoms with van der Waals surface area (Å²) in [5, 5.41) is 5.75. The molecule has 0 saturated heterocycles. The highest BCUT2D eigenvalue weighted by Crippen LogP contribution is 2.35. The highest BCUT2D eigenvalue weighted by molar-refractivity contribution is 5.63. The van der Waals surface area contributed by atoms with Crippen LogP contribution in [0.3, 0.4) is 0 Å². The smallest absolute Gasteiger partial charge is 0.421 e. The first-order chi connectivity index (χ1) is 16.4. The van der Waals surface area contributed by atoms with Gasteiger partial charge in [0.05, 0.1) is 6.61 Å². The van der Waals surface area contributed by atoms with E-state index in [-0.39, 0.29) is 11.8 Å². The predicted octanol–water partition coefficient (Wildman–Crippen LogP) is 7.89. The lowest BCUT2D eigenvalue weighted by Gasteiger charge is -2.15. The van der Waals surface area contributed by atoms with Crippen molar-refractivity contribution in [1.29, 1.82) is 0 Å². The number of hydrogen-bond acceptors (Lipinski definition) is 5. The molecule has 0 unspecified atom stereocenters. The van der Waals surface area contributed by atoms with E-state index in [1.807, 2.05) is 24.3 Å². The molecule has 0 aliphatic carbocycles. The van der Waals surface area contributed by atoms with Gasteiger partial charge in [-0.1, -0.05) is 51.7 Å². The minimum absolute atomic E-state index is 0.0748. The summed E-state index contributed by atoms with van der Waals surface area (Å²) in [6.07, 6.45) is 2.62. The summed E-state index contributed by atoms with van der Waals surface area (Å²) in [5.41, 5.74) is 1.42. The first-order valence-corrected chi connectivity index (χ1v) is 11.7. The average Bonchev–Trinajstić information content (AvgIpc) is 2.81. The van der Waals surface area contributed by atoms with E-state index in [9.17, 15) is 13.2 Å². The Morgan fingerprint density at radius 2 is 1.50 bits per heavy atom. The molecule has 1 aromatic heterocycles. The van der Waals surface area contributed by atoms with E-state index in [1.165, 1.54) is 12.0 Å². The molecule has 182 valence electrons. The van der Waals surface area contributed by atoms with Gasteiger partial charge in [-0.25, -0.2) is 4.98 Å². The molecule has 34 heavy (non-hydrogen) atoms. The van der Waals surface area contributed by atoms with E-state index in [0.717, 1.165) is 38.3 Å². The van der Waals surface area contributed by atoms with Gasteiger partial charge in [-0.2, -0.15) is 18.2 Å². The van der Waals surface area contributed by atoms with Crippen LogP contribution < -0.4 is 15.4 Å². The van der Waals surface area contributed by atoms with E-state index in [0.29, 0.717) is 23.7 Å². The van der Waals surface area contributed by atoms with Crippen molar-refractivity contribution in [2.24, 2.45) is 0 Å². The molecule has 0 aliphatic rings. The van der Waals surface area contributed by atoms with Crippen molar-refractivity contribution in [3.63, 3.8) is 0 Å². The third-order valence-electron chi connectivity index (χ3n) is 5.23. The van der Waals surface area contributed by atoms with Gasteiger partial charge in [-0.15, -0.1) is 0 Å². The molecular formula is C26H31F3N4O. The SMILES string of the molecule is CCCCCCOc1ccc(Nc2nc(Nc3ccc(CCC)cc3)ncc2C(F)(F)F)cc1. The number of benzene rings is 2. The molecule has 0 radical (unpaired) electrons. The molecule has 2 N–H and O–H groups in total. The van der Waals surface area contributed by atoms with Gasteiger partial charge in [0, 0.05) is 17.6 Å². The summed E-state index contributed by atoms with van der Waals surface area (Å²) in [4.78, 5) is 7.97. The number of unbranched alkanes of at least 4 members (excludes halogenated alkanes) is 3. The van der Waals surface area contributed by atoms with E-state index < -0.39 is 11.7 Å². The first kappa shape index (κ1) is 25.3. The second-order valence-electron chi connectivity index (χ2n) is 8.08. The molecule has 0 spiro atoms. The number of hydrogen-bond donors (Lipinski definition) is 2. The maximum atomic E-state index is 13.6. The summed E-state index contributed by atoms with van der Waals surface area (Å²) >= 11 is 0. The fourth-order valence-corrected chi connectivity index (χ4v) is 3.41. The quantitative estimate of drug-likeness (QED) is 0.262. The third-order valence-corrected chi connectivity index (χ3v) is 5.23. The number of halogens is 3. The minimum atomic E-state index is -4.59. The van der Waals surface area contributed by atoms with Crippen molar-refractivity contribution in [2.75, 3.05) is 17.2 Å². The van der Waals surface area contributed by atoms with Gasteiger partial charge >= 0.3 is 6.18 Å². The average molecular weight is 473 g/mol. The molecule has 0 aliphatic heterocycles. The molecule has 0 bridgehead atoms. The van der Waals surface area contributed by atoms with E-state index in [4.69, 9.17) is 4.74 Å². The number of alkyl halides is 3. The van der Waals surface area contributed by atoms with Crippen LogP contribution in [0.1, 0.15) is 57.1 Å². The zero-order valence-corrected chi connectivity index (χ0v) is 19.6. The topological polar surface area (TPSA) is 59.1 Å². The number of nitrogens with zero attached hydrogens (tertiary/aromatic N) is 2. The lowest BCUT2D eigenvalue weighted by atomic mass is 10.1. The van der Waals surface area contributed by atoms with Crippen molar-refractivity contribution in [1.82, 2.24) is 9.97 Å².